The molecule has 0 radical (unpaired) electrons. The van der Waals surface area contributed by atoms with Gasteiger partial charge >= 0.3 is 5.97 Å². The minimum absolute atomic E-state index is 0.0529. The van der Waals surface area contributed by atoms with Gasteiger partial charge in [-0.15, -0.1) is 23.1 Å². The molecule has 1 aromatic heterocycles. The van der Waals surface area contributed by atoms with Crippen LogP contribution in [0.1, 0.15) is 30.6 Å². The van der Waals surface area contributed by atoms with Gasteiger partial charge in [0.2, 0.25) is 5.91 Å². The predicted molar refractivity (Wildman–Crippen MR) is 86.4 cm³/mol. The maximum atomic E-state index is 12.3. The Morgan fingerprint density at radius 3 is 2.86 bits per heavy atom. The van der Waals surface area contributed by atoms with Crippen LogP contribution in [0.25, 0.3) is 0 Å². The van der Waals surface area contributed by atoms with Gasteiger partial charge in [-0.25, -0.2) is 0 Å². The maximum absolute atomic E-state index is 12.3. The summed E-state index contributed by atoms with van der Waals surface area (Å²) in [5, 5.41) is 13.2. The van der Waals surface area contributed by atoms with E-state index in [0.29, 0.717) is 24.6 Å². The number of allylic oxidation sites excluding steroid dienone is 1. The lowest BCUT2D eigenvalue weighted by molar-refractivity contribution is -0.137. The molecule has 4 nitrogen and oxygen atoms in total. The first-order valence-corrected chi connectivity index (χ1v) is 8.80. The molecule has 1 atom stereocenters. The van der Waals surface area contributed by atoms with E-state index in [4.69, 9.17) is 5.11 Å². The molecule has 1 aliphatic heterocycles. The van der Waals surface area contributed by atoms with E-state index >= 15 is 0 Å². The molecule has 0 aliphatic carbocycles. The molecule has 1 N–H and O–H groups in total. The van der Waals surface area contributed by atoms with Crippen LogP contribution in [0.15, 0.2) is 29.0 Å². The number of amides is 1. The zero-order chi connectivity index (χ0) is 15.1. The van der Waals surface area contributed by atoms with E-state index in [1.807, 2.05) is 22.4 Å². The Labute approximate surface area is 132 Å². The second-order valence-electron chi connectivity index (χ2n) is 4.97. The van der Waals surface area contributed by atoms with Crippen molar-refractivity contribution in [1.29, 1.82) is 0 Å². The van der Waals surface area contributed by atoms with Crippen LogP contribution < -0.4 is 0 Å². The Morgan fingerprint density at radius 1 is 1.38 bits per heavy atom. The average molecular weight is 325 g/mol. The zero-order valence-corrected chi connectivity index (χ0v) is 13.4. The summed E-state index contributed by atoms with van der Waals surface area (Å²) < 4.78 is 0. The van der Waals surface area contributed by atoms with E-state index in [1.54, 1.807) is 23.1 Å². The van der Waals surface area contributed by atoms with E-state index in [-0.39, 0.29) is 12.3 Å². The van der Waals surface area contributed by atoms with Gasteiger partial charge in [-0.05, 0) is 29.7 Å². The molecule has 1 aromatic rings. The van der Waals surface area contributed by atoms with E-state index < -0.39 is 5.97 Å². The second kappa shape index (κ2) is 8.24. The van der Waals surface area contributed by atoms with Crippen molar-refractivity contribution in [3.05, 3.63) is 33.9 Å². The lowest BCUT2D eigenvalue weighted by atomic mass is 10.2. The number of carbonyl (C=O) groups excluding carboxylic acids is 1. The fourth-order valence-corrected chi connectivity index (χ4v) is 3.84. The number of carbonyl (C=O) groups is 2. The Bertz CT molecular complexity index is 491. The van der Waals surface area contributed by atoms with Gasteiger partial charge < -0.3 is 10.0 Å². The minimum atomic E-state index is -0.844. The summed E-state index contributed by atoms with van der Waals surface area (Å²) in [6.07, 6.45) is 3.90. The Morgan fingerprint density at radius 2 is 2.24 bits per heavy atom. The van der Waals surface area contributed by atoms with Crippen molar-refractivity contribution in [1.82, 2.24) is 4.90 Å². The zero-order valence-electron chi connectivity index (χ0n) is 11.7. The van der Waals surface area contributed by atoms with Crippen LogP contribution in [0.3, 0.4) is 0 Å². The normalized spacial score (nSPS) is 17.0. The summed E-state index contributed by atoms with van der Waals surface area (Å²) in [4.78, 5) is 25.9. The Hall–Kier alpha value is -1.27. The van der Waals surface area contributed by atoms with Crippen LogP contribution in [0, 0.1) is 0 Å². The van der Waals surface area contributed by atoms with Crippen LogP contribution >= 0.6 is 23.1 Å². The molecule has 0 saturated heterocycles. The Kier molecular flexibility index (Phi) is 6.32. The Balaban J connectivity index is 1.89. The van der Waals surface area contributed by atoms with Crippen molar-refractivity contribution >= 4 is 35.0 Å². The quantitative estimate of drug-likeness (QED) is 0.796. The third-order valence-electron chi connectivity index (χ3n) is 3.25. The average Bonchev–Trinajstić information content (AvgIpc) is 3.10. The number of thiophene rings is 1. The minimum Gasteiger partial charge on any atom is -0.481 e. The molecule has 2 heterocycles. The molecular weight excluding hydrogens is 306 g/mol. The van der Waals surface area contributed by atoms with Crippen LogP contribution in [-0.4, -0.2) is 33.7 Å². The van der Waals surface area contributed by atoms with Gasteiger partial charge in [0.25, 0.3) is 0 Å². The molecule has 0 bridgehead atoms. The van der Waals surface area contributed by atoms with E-state index in [9.17, 15) is 9.59 Å². The van der Waals surface area contributed by atoms with Crippen molar-refractivity contribution in [2.24, 2.45) is 0 Å². The highest BCUT2D eigenvalue weighted by molar-refractivity contribution is 8.03. The lowest BCUT2D eigenvalue weighted by Gasteiger charge is -2.25. The fourth-order valence-electron chi connectivity index (χ4n) is 2.19. The smallest absolute Gasteiger partial charge is 0.303 e. The summed E-state index contributed by atoms with van der Waals surface area (Å²) in [6.45, 7) is 1.35. The van der Waals surface area contributed by atoms with Crippen LogP contribution in [-0.2, 0) is 16.1 Å². The highest BCUT2D eigenvalue weighted by atomic mass is 32.2. The van der Waals surface area contributed by atoms with Gasteiger partial charge in [0.05, 0.1) is 6.54 Å². The highest BCUT2D eigenvalue weighted by Crippen LogP contribution is 2.26. The van der Waals surface area contributed by atoms with E-state index in [0.717, 1.165) is 17.8 Å². The first-order chi connectivity index (χ1) is 10.1. The van der Waals surface area contributed by atoms with Crippen molar-refractivity contribution < 1.29 is 14.7 Å². The van der Waals surface area contributed by atoms with Gasteiger partial charge in [0, 0.05) is 29.5 Å². The number of carboxylic acids is 1. The van der Waals surface area contributed by atoms with Crippen molar-refractivity contribution in [3.63, 3.8) is 0 Å². The molecule has 2 rings (SSSR count). The van der Waals surface area contributed by atoms with Gasteiger partial charge in [0.1, 0.15) is 0 Å². The number of hydrogen-bond donors (Lipinski definition) is 1. The first-order valence-electron chi connectivity index (χ1n) is 6.97. The van der Waals surface area contributed by atoms with Crippen LogP contribution in [0.5, 0.6) is 0 Å². The summed E-state index contributed by atoms with van der Waals surface area (Å²) in [5.41, 5.74) is 0. The molecule has 1 aliphatic rings. The molecule has 0 saturated carbocycles. The molecule has 114 valence electrons. The molecule has 1 amide bonds. The van der Waals surface area contributed by atoms with Crippen LogP contribution in [0.4, 0.5) is 0 Å². The summed E-state index contributed by atoms with van der Waals surface area (Å²) >= 11 is 3.41. The van der Waals surface area contributed by atoms with Crippen molar-refractivity contribution in [2.75, 3.05) is 6.54 Å². The number of nitrogens with zero attached hydrogens (tertiary/aromatic N) is 1. The topological polar surface area (TPSA) is 57.6 Å². The monoisotopic (exact) mass is 325 g/mol. The molecule has 1 unspecified atom stereocenters. The third kappa shape index (κ3) is 5.55. The van der Waals surface area contributed by atoms with Gasteiger partial charge in [-0.3, -0.25) is 9.59 Å². The number of hydrogen-bond acceptors (Lipinski definition) is 4. The number of carboxylic acid groups (broad SMARTS) is 1. The molecule has 0 fully saturated rings. The van der Waals surface area contributed by atoms with Gasteiger partial charge in [-0.2, -0.15) is 0 Å². The van der Waals surface area contributed by atoms with Crippen molar-refractivity contribution in [2.45, 2.75) is 37.5 Å². The summed E-state index contributed by atoms with van der Waals surface area (Å²) in [7, 11) is 0. The number of aliphatic carboxylic acids is 1. The van der Waals surface area contributed by atoms with Gasteiger partial charge in [-0.1, -0.05) is 12.1 Å². The highest BCUT2D eigenvalue weighted by Gasteiger charge is 2.20. The first kappa shape index (κ1) is 16.1. The molecule has 0 spiro atoms. The predicted octanol–water partition coefficient (Wildman–Crippen LogP) is 3.35. The molecule has 0 aromatic carbocycles. The van der Waals surface area contributed by atoms with Crippen LogP contribution in [0.2, 0.25) is 0 Å². The second-order valence-corrected chi connectivity index (χ2v) is 7.21. The summed E-state index contributed by atoms with van der Waals surface area (Å²) in [5.74, 6) is -0.791. The largest absolute Gasteiger partial charge is 0.481 e. The summed E-state index contributed by atoms with van der Waals surface area (Å²) in [6, 6.07) is 4.02. The van der Waals surface area contributed by atoms with E-state index in [1.165, 1.54) is 0 Å². The van der Waals surface area contributed by atoms with E-state index in [2.05, 4.69) is 11.5 Å². The molecule has 21 heavy (non-hydrogen) atoms. The van der Waals surface area contributed by atoms with Gasteiger partial charge in [0.15, 0.2) is 0 Å². The number of rotatable bonds is 8. The third-order valence-corrected chi connectivity index (χ3v) is 5.19. The SMILES string of the molecule is O=C(O)CCCC(=O)N(Cc1cccs1)CC1CC=CS1. The van der Waals surface area contributed by atoms with Crippen molar-refractivity contribution in [3.8, 4) is 0 Å². The molecule has 6 heteroatoms. The number of thioether (sulfide) groups is 1. The maximum Gasteiger partial charge on any atom is 0.303 e. The standard InChI is InChI=1S/C15H19NO3S2/c17-14(6-1-7-15(18)19)16(10-12-4-2-8-20-12)11-13-5-3-9-21-13/h2-4,8-9,13H,1,5-7,10-11H2,(H,18,19). The molecular formula is C15H19NO3S2. The fraction of sp³-hybridized carbons (Fsp3) is 0.467. The lowest BCUT2D eigenvalue weighted by Crippen LogP contribution is -2.35.